The van der Waals surface area contributed by atoms with E-state index < -0.39 is 18.2 Å². The number of imidazole rings is 1. The third kappa shape index (κ3) is 3.97. The largest absolute Gasteiger partial charge is 0.493 e. The fourth-order valence-corrected chi connectivity index (χ4v) is 4.48. The summed E-state index contributed by atoms with van der Waals surface area (Å²) >= 11 is 0. The summed E-state index contributed by atoms with van der Waals surface area (Å²) in [6.45, 7) is 1.78. The number of aldehydes is 1. The molecule has 2 aromatic heterocycles. The van der Waals surface area contributed by atoms with E-state index in [1.54, 1.807) is 47.9 Å². The molecular weight excluding hydrogens is 448 g/mol. The van der Waals surface area contributed by atoms with E-state index >= 15 is 0 Å². The van der Waals surface area contributed by atoms with Gasteiger partial charge in [0.15, 0.2) is 35.3 Å². The molecule has 0 aliphatic heterocycles. The maximum atomic E-state index is 13.1. The highest BCUT2D eigenvalue weighted by atomic mass is 16.6. The normalized spacial score (nSPS) is 16.5. The Morgan fingerprint density at radius 1 is 1.03 bits per heavy atom. The van der Waals surface area contributed by atoms with Crippen molar-refractivity contribution in [1.29, 1.82) is 0 Å². The van der Waals surface area contributed by atoms with Crippen LogP contribution in [0.5, 0.6) is 17.2 Å². The van der Waals surface area contributed by atoms with Crippen molar-refractivity contribution in [3.05, 3.63) is 88.9 Å². The van der Waals surface area contributed by atoms with Gasteiger partial charge in [-0.05, 0) is 48.4 Å². The third-order valence-corrected chi connectivity index (χ3v) is 6.20. The van der Waals surface area contributed by atoms with Gasteiger partial charge in [-0.1, -0.05) is 24.3 Å². The van der Waals surface area contributed by atoms with Crippen LogP contribution >= 0.6 is 0 Å². The molecule has 0 N–H and O–H groups in total. The van der Waals surface area contributed by atoms with Crippen molar-refractivity contribution >= 4 is 17.9 Å². The van der Waals surface area contributed by atoms with Crippen molar-refractivity contribution in [2.24, 2.45) is 0 Å². The Kier molecular flexibility index (Phi) is 5.86. The second kappa shape index (κ2) is 9.13. The summed E-state index contributed by atoms with van der Waals surface area (Å²) in [5, 5.41) is 0. The van der Waals surface area contributed by atoms with Gasteiger partial charge in [0.25, 0.3) is 0 Å². The number of carbonyl (C=O) groups is 2. The van der Waals surface area contributed by atoms with Gasteiger partial charge in [-0.25, -0.2) is 9.78 Å². The Morgan fingerprint density at radius 2 is 1.83 bits per heavy atom. The molecule has 0 radical (unpaired) electrons. The summed E-state index contributed by atoms with van der Waals surface area (Å²) in [6, 6.07) is 16.3. The molecule has 1 aliphatic carbocycles. The smallest absolute Gasteiger partial charge is 0.338 e. The number of fused-ring (bicyclic) bond motifs is 2. The van der Waals surface area contributed by atoms with E-state index in [9.17, 15) is 9.59 Å². The number of esters is 1. The molecule has 8 heteroatoms. The van der Waals surface area contributed by atoms with Gasteiger partial charge < -0.3 is 18.9 Å². The monoisotopic (exact) mass is 472 g/mol. The van der Waals surface area contributed by atoms with E-state index in [-0.39, 0.29) is 0 Å². The number of carbonyl (C=O) groups excluding carboxylic acids is 2. The minimum Gasteiger partial charge on any atom is -0.493 e. The molecule has 4 aromatic rings. The lowest BCUT2D eigenvalue weighted by Crippen LogP contribution is -2.26. The van der Waals surface area contributed by atoms with Crippen molar-refractivity contribution in [3.8, 4) is 17.2 Å². The summed E-state index contributed by atoms with van der Waals surface area (Å²) in [7, 11) is 3.05. The molecule has 2 heterocycles. The van der Waals surface area contributed by atoms with Crippen molar-refractivity contribution in [3.63, 3.8) is 0 Å². The summed E-state index contributed by atoms with van der Waals surface area (Å²) in [5.74, 6) is 0.973. The molecule has 0 spiro atoms. The average Bonchev–Trinajstić information content (AvgIpc) is 3.40. The van der Waals surface area contributed by atoms with E-state index in [0.29, 0.717) is 46.3 Å². The van der Waals surface area contributed by atoms with Crippen LogP contribution in [-0.4, -0.2) is 42.0 Å². The molecule has 0 unspecified atom stereocenters. The van der Waals surface area contributed by atoms with Gasteiger partial charge in [-0.15, -0.1) is 0 Å². The highest BCUT2D eigenvalue weighted by Crippen LogP contribution is 2.39. The van der Waals surface area contributed by atoms with Crippen LogP contribution in [0.15, 0.2) is 60.8 Å². The quantitative estimate of drug-likeness (QED) is 0.291. The summed E-state index contributed by atoms with van der Waals surface area (Å²) in [6.07, 6.45) is 1.95. The fraction of sp³-hybridized carbons (Fsp3) is 0.222. The summed E-state index contributed by atoms with van der Waals surface area (Å²) in [4.78, 5) is 29.2. The number of rotatable bonds is 7. The van der Waals surface area contributed by atoms with Gasteiger partial charge in [-0.3, -0.25) is 9.20 Å². The molecule has 178 valence electrons. The molecule has 0 saturated carbocycles. The van der Waals surface area contributed by atoms with Crippen LogP contribution in [0, 0.1) is 6.92 Å². The molecule has 2 atom stereocenters. The number of aryl methyl sites for hydroxylation is 1. The van der Waals surface area contributed by atoms with Crippen LogP contribution < -0.4 is 14.2 Å². The Morgan fingerprint density at radius 3 is 2.60 bits per heavy atom. The van der Waals surface area contributed by atoms with Crippen molar-refractivity contribution in [2.75, 3.05) is 14.2 Å². The van der Waals surface area contributed by atoms with Crippen LogP contribution in [0.4, 0.5) is 0 Å². The number of benzene rings is 2. The van der Waals surface area contributed by atoms with Crippen LogP contribution in [0.3, 0.4) is 0 Å². The lowest BCUT2D eigenvalue weighted by Gasteiger charge is -2.23. The van der Waals surface area contributed by atoms with E-state index in [1.807, 2.05) is 24.3 Å². The van der Waals surface area contributed by atoms with Gasteiger partial charge in [0.1, 0.15) is 11.8 Å². The zero-order valence-corrected chi connectivity index (χ0v) is 19.6. The summed E-state index contributed by atoms with van der Waals surface area (Å²) < 4.78 is 24.7. The first-order valence-electron chi connectivity index (χ1n) is 11.1. The van der Waals surface area contributed by atoms with Gasteiger partial charge in [0.2, 0.25) is 0 Å². The Balaban J connectivity index is 1.47. The lowest BCUT2D eigenvalue weighted by atomic mass is 10.1. The van der Waals surface area contributed by atoms with Gasteiger partial charge in [0.05, 0.1) is 25.5 Å². The van der Waals surface area contributed by atoms with Crippen molar-refractivity contribution < 1.29 is 28.5 Å². The zero-order chi connectivity index (χ0) is 24.5. The van der Waals surface area contributed by atoms with Gasteiger partial charge >= 0.3 is 5.97 Å². The average molecular weight is 472 g/mol. The van der Waals surface area contributed by atoms with Crippen LogP contribution in [0.1, 0.15) is 43.8 Å². The van der Waals surface area contributed by atoms with Crippen molar-refractivity contribution in [2.45, 2.75) is 25.6 Å². The first-order valence-corrected chi connectivity index (χ1v) is 11.1. The molecule has 1 aliphatic rings. The maximum Gasteiger partial charge on any atom is 0.338 e. The first-order chi connectivity index (χ1) is 17.0. The topological polar surface area (TPSA) is 88.4 Å². The highest BCUT2D eigenvalue weighted by molar-refractivity contribution is 5.90. The number of pyridine rings is 1. The van der Waals surface area contributed by atoms with Crippen molar-refractivity contribution in [1.82, 2.24) is 9.38 Å². The molecule has 0 saturated heterocycles. The van der Waals surface area contributed by atoms with E-state index in [0.717, 1.165) is 17.4 Å². The first kappa shape index (κ1) is 22.5. The molecular formula is C27H24N2O6. The molecule has 2 aromatic carbocycles. The maximum absolute atomic E-state index is 13.1. The van der Waals surface area contributed by atoms with Gasteiger partial charge in [-0.2, -0.15) is 0 Å². The lowest BCUT2D eigenvalue weighted by molar-refractivity contribution is -0.00288. The summed E-state index contributed by atoms with van der Waals surface area (Å²) in [5.41, 5.74) is 3.94. The standard InChI is InChI=1S/C27H24N2O6/c1-16-20(15-30)29-12-6-9-22(26(29)28-16)34-25-19-8-5-4-7-17(19)13-24(25)35-27(31)18-10-11-21(32-2)23(14-18)33-3/h4-12,14-15,24-25H,13H2,1-3H3/t24-,25-/m1/s1. The Labute approximate surface area is 202 Å². The minimum absolute atomic E-state index is 0.346. The predicted octanol–water partition coefficient (Wildman–Crippen LogP) is 4.37. The van der Waals surface area contributed by atoms with Crippen LogP contribution in [0.25, 0.3) is 5.65 Å². The highest BCUT2D eigenvalue weighted by Gasteiger charge is 2.38. The SMILES string of the molecule is COc1ccc(C(=O)O[C@@H]2Cc3ccccc3[C@H]2Oc2cccn3c(C=O)c(C)nc23)cc1OC. The Bertz CT molecular complexity index is 1430. The van der Waals surface area contributed by atoms with Crippen LogP contribution in [0.2, 0.25) is 0 Å². The predicted molar refractivity (Wildman–Crippen MR) is 128 cm³/mol. The number of hydrogen-bond acceptors (Lipinski definition) is 7. The number of ether oxygens (including phenoxy) is 4. The molecule has 0 bridgehead atoms. The fourth-order valence-electron chi connectivity index (χ4n) is 4.48. The number of aromatic nitrogens is 2. The Hall–Kier alpha value is -4.33. The van der Waals surface area contributed by atoms with Gasteiger partial charge in [0, 0.05) is 12.6 Å². The second-order valence-corrected chi connectivity index (χ2v) is 8.22. The van der Waals surface area contributed by atoms with Crippen LogP contribution in [-0.2, 0) is 11.2 Å². The van der Waals surface area contributed by atoms with E-state index in [2.05, 4.69) is 4.98 Å². The van der Waals surface area contributed by atoms with E-state index in [1.165, 1.54) is 14.2 Å². The number of hydrogen-bond donors (Lipinski definition) is 0. The third-order valence-electron chi connectivity index (χ3n) is 6.20. The zero-order valence-electron chi connectivity index (χ0n) is 19.6. The van der Waals surface area contributed by atoms with E-state index in [4.69, 9.17) is 18.9 Å². The number of nitrogens with zero attached hydrogens (tertiary/aromatic N) is 2. The molecule has 8 nitrogen and oxygen atoms in total. The number of methoxy groups -OCH3 is 2. The minimum atomic E-state index is -0.560. The molecule has 35 heavy (non-hydrogen) atoms. The molecule has 0 fully saturated rings. The molecule has 0 amide bonds. The second-order valence-electron chi connectivity index (χ2n) is 8.22. The molecule has 5 rings (SSSR count).